The molecule has 0 atom stereocenters. The Hall–Kier alpha value is -2.19. The van der Waals surface area contributed by atoms with Gasteiger partial charge in [0.1, 0.15) is 0 Å². The summed E-state index contributed by atoms with van der Waals surface area (Å²) in [7, 11) is 1.89. The lowest BCUT2D eigenvalue weighted by molar-refractivity contribution is -0.384. The Kier molecular flexibility index (Phi) is 4.96. The molecule has 0 saturated heterocycles. The average molecular weight is 405 g/mol. The van der Waals surface area contributed by atoms with Crippen LogP contribution in [0, 0.1) is 10.1 Å². The first-order valence-corrected chi connectivity index (χ1v) is 8.84. The molecule has 0 bridgehead atoms. The van der Waals surface area contributed by atoms with Gasteiger partial charge in [0.2, 0.25) is 0 Å². The highest BCUT2D eigenvalue weighted by Gasteiger charge is 2.13. The van der Waals surface area contributed by atoms with E-state index in [2.05, 4.69) is 38.3 Å². The number of non-ortho nitro benzene ring substituents is 1. The summed E-state index contributed by atoms with van der Waals surface area (Å²) in [6, 6.07) is 14.5. The van der Waals surface area contributed by atoms with Crippen molar-refractivity contribution in [2.45, 2.75) is 10.9 Å². The minimum atomic E-state index is -0.417. The number of aromatic nitrogens is 3. The van der Waals surface area contributed by atoms with Crippen LogP contribution in [0.15, 0.2) is 58.2 Å². The number of hydrogen-bond acceptors (Lipinski definition) is 5. The lowest BCUT2D eigenvalue weighted by Crippen LogP contribution is -1.95. The number of rotatable bonds is 5. The van der Waals surface area contributed by atoms with Crippen LogP contribution in [-0.4, -0.2) is 19.7 Å². The zero-order valence-electron chi connectivity index (χ0n) is 12.7. The Morgan fingerprint density at radius 1 is 1.12 bits per heavy atom. The van der Waals surface area contributed by atoms with Crippen molar-refractivity contribution >= 4 is 33.4 Å². The van der Waals surface area contributed by atoms with Gasteiger partial charge in [-0.1, -0.05) is 39.8 Å². The molecule has 0 fully saturated rings. The highest BCUT2D eigenvalue weighted by atomic mass is 79.9. The van der Waals surface area contributed by atoms with Crippen molar-refractivity contribution < 1.29 is 4.92 Å². The van der Waals surface area contributed by atoms with Crippen molar-refractivity contribution in [2.24, 2.45) is 7.05 Å². The predicted octanol–water partition coefficient (Wildman–Crippen LogP) is 4.45. The molecule has 0 radical (unpaired) electrons. The lowest BCUT2D eigenvalue weighted by Gasteiger charge is -2.04. The maximum absolute atomic E-state index is 10.7. The summed E-state index contributed by atoms with van der Waals surface area (Å²) in [5.41, 5.74) is 2.06. The van der Waals surface area contributed by atoms with E-state index >= 15 is 0 Å². The van der Waals surface area contributed by atoms with E-state index in [9.17, 15) is 10.1 Å². The van der Waals surface area contributed by atoms with Crippen molar-refractivity contribution in [2.75, 3.05) is 0 Å². The van der Waals surface area contributed by atoms with Crippen molar-refractivity contribution in [3.8, 4) is 11.4 Å². The largest absolute Gasteiger partial charge is 0.305 e. The smallest absolute Gasteiger partial charge is 0.269 e. The van der Waals surface area contributed by atoms with Gasteiger partial charge < -0.3 is 4.57 Å². The molecule has 0 spiro atoms. The van der Waals surface area contributed by atoms with Crippen LogP contribution in [0.3, 0.4) is 0 Å². The molecule has 122 valence electrons. The summed E-state index contributed by atoms with van der Waals surface area (Å²) in [6.07, 6.45) is 0. The molecule has 0 amide bonds. The third-order valence-corrected chi connectivity index (χ3v) is 5.07. The first kappa shape index (κ1) is 16.7. The highest BCUT2D eigenvalue weighted by molar-refractivity contribution is 9.10. The van der Waals surface area contributed by atoms with E-state index in [-0.39, 0.29) is 5.69 Å². The predicted molar refractivity (Wildman–Crippen MR) is 96.8 cm³/mol. The van der Waals surface area contributed by atoms with Gasteiger partial charge in [-0.05, 0) is 29.8 Å². The summed E-state index contributed by atoms with van der Waals surface area (Å²) >= 11 is 5.02. The van der Waals surface area contributed by atoms with Gasteiger partial charge in [-0.2, -0.15) is 0 Å². The molecule has 6 nitrogen and oxygen atoms in total. The van der Waals surface area contributed by atoms with Crippen LogP contribution in [0.2, 0.25) is 0 Å². The van der Waals surface area contributed by atoms with E-state index in [0.717, 1.165) is 20.9 Å². The molecule has 1 heterocycles. The SMILES string of the molecule is Cn1c(SCc2ccc(Br)cc2)nnc1-c1ccc([N+](=O)[O-])cc1. The van der Waals surface area contributed by atoms with Crippen LogP contribution in [0.1, 0.15) is 5.56 Å². The Morgan fingerprint density at radius 3 is 2.42 bits per heavy atom. The molecule has 0 aliphatic rings. The first-order chi connectivity index (χ1) is 11.5. The third-order valence-electron chi connectivity index (χ3n) is 3.45. The molecular weight excluding hydrogens is 392 g/mol. The van der Waals surface area contributed by atoms with E-state index in [1.807, 2.05) is 23.7 Å². The average Bonchev–Trinajstić information content (AvgIpc) is 2.95. The summed E-state index contributed by atoms with van der Waals surface area (Å²) in [5, 5.41) is 19.9. The normalized spacial score (nSPS) is 10.8. The third kappa shape index (κ3) is 3.65. The fourth-order valence-electron chi connectivity index (χ4n) is 2.15. The monoisotopic (exact) mass is 404 g/mol. The molecular formula is C16H13BrN4O2S. The van der Waals surface area contributed by atoms with Crippen molar-refractivity contribution in [3.63, 3.8) is 0 Å². The lowest BCUT2D eigenvalue weighted by atomic mass is 10.2. The van der Waals surface area contributed by atoms with Crippen LogP contribution in [0.4, 0.5) is 5.69 Å². The molecule has 0 aliphatic carbocycles. The van der Waals surface area contributed by atoms with Gasteiger partial charge in [0, 0.05) is 35.0 Å². The van der Waals surface area contributed by atoms with Gasteiger partial charge >= 0.3 is 0 Å². The Balaban J connectivity index is 1.75. The Morgan fingerprint density at radius 2 is 1.79 bits per heavy atom. The molecule has 0 unspecified atom stereocenters. The highest BCUT2D eigenvalue weighted by Crippen LogP contribution is 2.26. The van der Waals surface area contributed by atoms with Gasteiger partial charge in [0.25, 0.3) is 5.69 Å². The van der Waals surface area contributed by atoms with E-state index in [4.69, 9.17) is 0 Å². The van der Waals surface area contributed by atoms with Crippen LogP contribution in [0.5, 0.6) is 0 Å². The molecule has 2 aromatic carbocycles. The number of thioether (sulfide) groups is 1. The van der Waals surface area contributed by atoms with Crippen LogP contribution >= 0.6 is 27.7 Å². The molecule has 3 aromatic rings. The van der Waals surface area contributed by atoms with Gasteiger partial charge in [-0.15, -0.1) is 10.2 Å². The summed E-state index contributed by atoms with van der Waals surface area (Å²) in [4.78, 5) is 10.3. The first-order valence-electron chi connectivity index (χ1n) is 7.06. The fourth-order valence-corrected chi connectivity index (χ4v) is 3.28. The summed E-state index contributed by atoms with van der Waals surface area (Å²) in [6.45, 7) is 0. The standard InChI is InChI=1S/C16H13BrN4O2S/c1-20-15(12-4-8-14(9-5-12)21(22)23)18-19-16(20)24-10-11-2-6-13(17)7-3-11/h2-9H,10H2,1H3. The minimum Gasteiger partial charge on any atom is -0.305 e. The van der Waals surface area contributed by atoms with E-state index in [1.54, 1.807) is 23.9 Å². The maximum atomic E-state index is 10.7. The molecule has 0 saturated carbocycles. The molecule has 1 aromatic heterocycles. The van der Waals surface area contributed by atoms with Gasteiger partial charge in [0.05, 0.1) is 4.92 Å². The molecule has 8 heteroatoms. The Labute approximate surface area is 151 Å². The quantitative estimate of drug-likeness (QED) is 0.356. The second kappa shape index (κ2) is 7.14. The summed E-state index contributed by atoms with van der Waals surface area (Å²) < 4.78 is 2.94. The van der Waals surface area contributed by atoms with Crippen LogP contribution < -0.4 is 0 Å². The second-order valence-corrected chi connectivity index (χ2v) is 6.94. The molecule has 0 N–H and O–H groups in total. The van der Waals surface area contributed by atoms with Gasteiger partial charge in [-0.25, -0.2) is 0 Å². The summed E-state index contributed by atoms with van der Waals surface area (Å²) in [5.74, 6) is 1.47. The van der Waals surface area contributed by atoms with Crippen molar-refractivity contribution in [3.05, 3.63) is 68.7 Å². The number of halogens is 1. The molecule has 0 aliphatic heterocycles. The van der Waals surface area contributed by atoms with Crippen LogP contribution in [0.25, 0.3) is 11.4 Å². The number of nitrogens with zero attached hydrogens (tertiary/aromatic N) is 4. The maximum Gasteiger partial charge on any atom is 0.269 e. The second-order valence-electron chi connectivity index (χ2n) is 5.08. The number of benzene rings is 2. The van der Waals surface area contributed by atoms with E-state index < -0.39 is 4.92 Å². The number of nitro groups is 1. The zero-order chi connectivity index (χ0) is 17.1. The molecule has 3 rings (SSSR count). The van der Waals surface area contributed by atoms with Crippen LogP contribution in [-0.2, 0) is 12.8 Å². The van der Waals surface area contributed by atoms with Gasteiger partial charge in [0.15, 0.2) is 11.0 Å². The van der Waals surface area contributed by atoms with E-state index in [1.165, 1.54) is 17.7 Å². The molecule has 24 heavy (non-hydrogen) atoms. The van der Waals surface area contributed by atoms with Gasteiger partial charge in [-0.3, -0.25) is 10.1 Å². The van der Waals surface area contributed by atoms with Crippen molar-refractivity contribution in [1.82, 2.24) is 14.8 Å². The van der Waals surface area contributed by atoms with Crippen molar-refractivity contribution in [1.29, 1.82) is 0 Å². The Bertz CT molecular complexity index is 863. The topological polar surface area (TPSA) is 73.8 Å². The minimum absolute atomic E-state index is 0.0609. The number of nitro benzene ring substituents is 1. The number of hydrogen-bond donors (Lipinski definition) is 0. The zero-order valence-corrected chi connectivity index (χ0v) is 15.1. The fraction of sp³-hybridized carbons (Fsp3) is 0.125. The van der Waals surface area contributed by atoms with E-state index in [0.29, 0.717) is 5.82 Å².